The minimum atomic E-state index is 0.542. The van der Waals surface area contributed by atoms with Crippen LogP contribution in [-0.2, 0) is 6.42 Å². The molecule has 1 aromatic carbocycles. The number of benzene rings is 1. The van der Waals surface area contributed by atoms with Crippen LogP contribution in [0.2, 0.25) is 0 Å². The molecule has 0 aliphatic heterocycles. The van der Waals surface area contributed by atoms with Crippen LogP contribution in [0.25, 0.3) is 0 Å². The van der Waals surface area contributed by atoms with Crippen molar-refractivity contribution in [1.82, 2.24) is 0 Å². The molecule has 0 saturated carbocycles. The number of rotatable bonds is 5. The third kappa shape index (κ3) is 2.89. The Morgan fingerprint density at radius 3 is 2.93 bits per heavy atom. The van der Waals surface area contributed by atoms with E-state index in [0.717, 1.165) is 12.2 Å². The Bertz CT molecular complexity index is 307. The first-order valence-electron chi connectivity index (χ1n) is 4.81. The molecule has 0 saturated heterocycles. The first kappa shape index (κ1) is 10.8. The maximum Gasteiger partial charge on any atom is 0.123 e. The molecule has 0 aliphatic rings. The molecule has 0 atom stereocenters. The summed E-state index contributed by atoms with van der Waals surface area (Å²) in [6.07, 6.45) is 2.60. The molecule has 0 fully saturated rings. The van der Waals surface area contributed by atoms with Gasteiger partial charge in [0.25, 0.3) is 0 Å². The van der Waals surface area contributed by atoms with Crippen molar-refractivity contribution < 1.29 is 4.74 Å². The zero-order valence-corrected chi connectivity index (χ0v) is 8.62. The molecule has 0 aromatic heterocycles. The summed E-state index contributed by atoms with van der Waals surface area (Å²) < 4.78 is 5.52. The van der Waals surface area contributed by atoms with Crippen molar-refractivity contribution in [2.45, 2.75) is 13.3 Å². The van der Waals surface area contributed by atoms with Gasteiger partial charge in [0, 0.05) is 0 Å². The van der Waals surface area contributed by atoms with Gasteiger partial charge in [0.15, 0.2) is 0 Å². The van der Waals surface area contributed by atoms with Crippen molar-refractivity contribution in [2.75, 3.05) is 13.2 Å². The van der Waals surface area contributed by atoms with E-state index in [1.54, 1.807) is 6.08 Å². The lowest BCUT2D eigenvalue weighted by Gasteiger charge is -2.10. The van der Waals surface area contributed by atoms with Crippen molar-refractivity contribution in [3.8, 4) is 5.75 Å². The number of aryl methyl sites for hydroxylation is 1. The molecule has 0 bridgehead atoms. The second-order valence-electron chi connectivity index (χ2n) is 3.25. The third-order valence-electron chi connectivity index (χ3n) is 1.99. The number of nitrogens with two attached hydrogens (primary N) is 1. The Kier molecular flexibility index (Phi) is 4.20. The van der Waals surface area contributed by atoms with Crippen LogP contribution in [0, 0.1) is 6.92 Å². The molecule has 1 rings (SSSR count). The highest BCUT2D eigenvalue weighted by atomic mass is 16.5. The molecule has 0 radical (unpaired) electrons. The Hall–Kier alpha value is -1.28. The summed E-state index contributed by atoms with van der Waals surface area (Å²) >= 11 is 0. The summed E-state index contributed by atoms with van der Waals surface area (Å²) in [7, 11) is 0. The molecule has 0 spiro atoms. The van der Waals surface area contributed by atoms with E-state index in [2.05, 4.69) is 19.6 Å². The molecule has 0 unspecified atom stereocenters. The molecule has 1 aromatic rings. The minimum absolute atomic E-state index is 0.542. The predicted octanol–water partition coefficient (Wildman–Crippen LogP) is 2.06. The quantitative estimate of drug-likeness (QED) is 0.723. The lowest BCUT2D eigenvalue weighted by molar-refractivity contribution is 0.359. The van der Waals surface area contributed by atoms with Gasteiger partial charge in [-0.2, -0.15) is 0 Å². The van der Waals surface area contributed by atoms with Gasteiger partial charge < -0.3 is 10.5 Å². The van der Waals surface area contributed by atoms with Gasteiger partial charge >= 0.3 is 0 Å². The molecular formula is C12H17NO. The van der Waals surface area contributed by atoms with Crippen molar-refractivity contribution >= 4 is 0 Å². The van der Waals surface area contributed by atoms with E-state index < -0.39 is 0 Å². The van der Waals surface area contributed by atoms with Crippen molar-refractivity contribution in [3.05, 3.63) is 42.0 Å². The molecule has 2 heteroatoms. The van der Waals surface area contributed by atoms with Crippen molar-refractivity contribution in [3.63, 3.8) is 0 Å². The smallest absolute Gasteiger partial charge is 0.123 e. The van der Waals surface area contributed by atoms with Crippen LogP contribution in [0.1, 0.15) is 11.1 Å². The average Bonchev–Trinajstić information content (AvgIpc) is 2.17. The highest BCUT2D eigenvalue weighted by Crippen LogP contribution is 2.20. The van der Waals surface area contributed by atoms with E-state index in [0.29, 0.717) is 13.2 Å². The zero-order valence-electron chi connectivity index (χ0n) is 8.62. The fraction of sp³-hybridized carbons (Fsp3) is 0.333. The molecule has 0 aliphatic carbocycles. The van der Waals surface area contributed by atoms with E-state index in [9.17, 15) is 0 Å². The second kappa shape index (κ2) is 5.45. The van der Waals surface area contributed by atoms with Crippen molar-refractivity contribution in [2.24, 2.45) is 5.73 Å². The van der Waals surface area contributed by atoms with Crippen LogP contribution in [0.15, 0.2) is 30.9 Å². The Labute approximate surface area is 85.4 Å². The molecule has 76 valence electrons. The highest BCUT2D eigenvalue weighted by molar-refractivity contribution is 5.37. The normalized spacial score (nSPS) is 9.86. The zero-order chi connectivity index (χ0) is 10.4. The molecule has 0 heterocycles. The maximum absolute atomic E-state index is 5.53. The maximum atomic E-state index is 5.53. The lowest BCUT2D eigenvalue weighted by atomic mass is 10.1. The number of ether oxygens (including phenoxy) is 1. The highest BCUT2D eigenvalue weighted by Gasteiger charge is 2.02. The fourth-order valence-electron chi connectivity index (χ4n) is 1.35. The van der Waals surface area contributed by atoms with Gasteiger partial charge in [-0.3, -0.25) is 0 Å². The van der Waals surface area contributed by atoms with Crippen LogP contribution in [-0.4, -0.2) is 13.2 Å². The summed E-state index contributed by atoms with van der Waals surface area (Å²) in [6, 6.07) is 6.15. The Morgan fingerprint density at radius 2 is 2.29 bits per heavy atom. The SMILES string of the molecule is C=CCOc1ccc(C)cc1CCN. The first-order chi connectivity index (χ1) is 6.77. The third-order valence-corrected chi connectivity index (χ3v) is 1.99. The minimum Gasteiger partial charge on any atom is -0.489 e. The topological polar surface area (TPSA) is 35.2 Å². The number of hydrogen-bond donors (Lipinski definition) is 1. The lowest BCUT2D eigenvalue weighted by Crippen LogP contribution is -2.05. The van der Waals surface area contributed by atoms with Crippen LogP contribution >= 0.6 is 0 Å². The van der Waals surface area contributed by atoms with E-state index in [1.165, 1.54) is 11.1 Å². The van der Waals surface area contributed by atoms with Crippen LogP contribution in [0.5, 0.6) is 5.75 Å². The van der Waals surface area contributed by atoms with E-state index in [4.69, 9.17) is 10.5 Å². The molecular weight excluding hydrogens is 174 g/mol. The van der Waals surface area contributed by atoms with Gasteiger partial charge in [-0.1, -0.05) is 30.4 Å². The summed E-state index contributed by atoms with van der Waals surface area (Å²) in [6.45, 7) is 6.88. The Balaban J connectivity index is 2.83. The van der Waals surface area contributed by atoms with Crippen LogP contribution in [0.4, 0.5) is 0 Å². The van der Waals surface area contributed by atoms with Crippen LogP contribution < -0.4 is 10.5 Å². The van der Waals surface area contributed by atoms with Crippen molar-refractivity contribution in [1.29, 1.82) is 0 Å². The largest absolute Gasteiger partial charge is 0.489 e. The fourth-order valence-corrected chi connectivity index (χ4v) is 1.35. The Morgan fingerprint density at radius 1 is 1.50 bits per heavy atom. The van der Waals surface area contributed by atoms with Gasteiger partial charge in [0.2, 0.25) is 0 Å². The molecule has 0 amide bonds. The standard InChI is InChI=1S/C12H17NO/c1-3-8-14-12-5-4-10(2)9-11(12)6-7-13/h3-5,9H,1,6-8,13H2,2H3. The molecule has 2 nitrogen and oxygen atoms in total. The van der Waals surface area contributed by atoms with Gasteiger partial charge in [-0.25, -0.2) is 0 Å². The second-order valence-corrected chi connectivity index (χ2v) is 3.25. The summed E-state index contributed by atoms with van der Waals surface area (Å²) in [4.78, 5) is 0. The molecule has 14 heavy (non-hydrogen) atoms. The van der Waals surface area contributed by atoms with Gasteiger partial charge in [-0.15, -0.1) is 0 Å². The van der Waals surface area contributed by atoms with E-state index in [-0.39, 0.29) is 0 Å². The summed E-state index contributed by atoms with van der Waals surface area (Å²) in [5.41, 5.74) is 7.94. The average molecular weight is 191 g/mol. The van der Waals surface area contributed by atoms with Gasteiger partial charge in [0.1, 0.15) is 12.4 Å². The van der Waals surface area contributed by atoms with Gasteiger partial charge in [0.05, 0.1) is 0 Å². The summed E-state index contributed by atoms with van der Waals surface area (Å²) in [5, 5.41) is 0. The first-order valence-corrected chi connectivity index (χ1v) is 4.81. The van der Waals surface area contributed by atoms with Crippen LogP contribution in [0.3, 0.4) is 0 Å². The van der Waals surface area contributed by atoms with Gasteiger partial charge in [-0.05, 0) is 31.5 Å². The predicted molar refractivity (Wildman–Crippen MR) is 59.6 cm³/mol. The van der Waals surface area contributed by atoms with E-state index in [1.807, 2.05) is 12.1 Å². The monoisotopic (exact) mass is 191 g/mol. The molecule has 2 N–H and O–H groups in total. The summed E-state index contributed by atoms with van der Waals surface area (Å²) in [5.74, 6) is 0.918. The van der Waals surface area contributed by atoms with E-state index >= 15 is 0 Å². The number of hydrogen-bond acceptors (Lipinski definition) is 2.